The van der Waals surface area contributed by atoms with E-state index in [0.29, 0.717) is 22.8 Å². The van der Waals surface area contributed by atoms with E-state index in [-0.39, 0.29) is 17.4 Å². The first-order chi connectivity index (χ1) is 11.8. The van der Waals surface area contributed by atoms with Crippen molar-refractivity contribution in [3.05, 3.63) is 28.8 Å². The van der Waals surface area contributed by atoms with E-state index in [1.54, 1.807) is 0 Å². The SMILES string of the molecule is CC(C)[C@@H]1CC[C@@H](C)C[C@H]1OC(=O)COC(=O)c1cc(Cl)ccc1O. The van der Waals surface area contributed by atoms with Crippen LogP contribution in [0.2, 0.25) is 5.02 Å². The van der Waals surface area contributed by atoms with Gasteiger partial charge in [0.2, 0.25) is 0 Å². The molecule has 0 heterocycles. The highest BCUT2D eigenvalue weighted by Gasteiger charge is 2.33. The number of esters is 2. The molecule has 0 bridgehead atoms. The summed E-state index contributed by atoms with van der Waals surface area (Å²) in [7, 11) is 0. The molecule has 0 aliphatic heterocycles. The molecule has 1 saturated carbocycles. The van der Waals surface area contributed by atoms with Crippen LogP contribution in [0, 0.1) is 17.8 Å². The Balaban J connectivity index is 1.91. The van der Waals surface area contributed by atoms with E-state index in [9.17, 15) is 14.7 Å². The van der Waals surface area contributed by atoms with Crippen LogP contribution in [0.25, 0.3) is 0 Å². The van der Waals surface area contributed by atoms with Crippen molar-refractivity contribution in [2.75, 3.05) is 6.61 Å². The van der Waals surface area contributed by atoms with Crippen molar-refractivity contribution >= 4 is 23.5 Å². The summed E-state index contributed by atoms with van der Waals surface area (Å²) in [5, 5.41) is 9.98. The maximum atomic E-state index is 12.1. The van der Waals surface area contributed by atoms with Crippen LogP contribution in [0.3, 0.4) is 0 Å². The molecule has 3 atom stereocenters. The third kappa shape index (κ3) is 5.36. The minimum atomic E-state index is -0.811. The summed E-state index contributed by atoms with van der Waals surface area (Å²) in [6, 6.07) is 4.05. The number of ether oxygens (including phenoxy) is 2. The number of halogens is 1. The molecule has 0 spiro atoms. The zero-order valence-corrected chi connectivity index (χ0v) is 15.6. The lowest BCUT2D eigenvalue weighted by atomic mass is 9.75. The van der Waals surface area contributed by atoms with Gasteiger partial charge in [0, 0.05) is 5.02 Å². The topological polar surface area (TPSA) is 72.8 Å². The van der Waals surface area contributed by atoms with Crippen LogP contribution in [-0.4, -0.2) is 29.8 Å². The first-order valence-corrected chi connectivity index (χ1v) is 9.00. The quantitative estimate of drug-likeness (QED) is 0.788. The molecular formula is C19H25ClO5. The monoisotopic (exact) mass is 368 g/mol. The fraction of sp³-hybridized carbons (Fsp3) is 0.579. The summed E-state index contributed by atoms with van der Waals surface area (Å²) in [5.74, 6) is -0.361. The number of benzene rings is 1. The predicted molar refractivity (Wildman–Crippen MR) is 94.6 cm³/mol. The van der Waals surface area contributed by atoms with Crippen molar-refractivity contribution in [2.45, 2.75) is 46.1 Å². The van der Waals surface area contributed by atoms with Crippen molar-refractivity contribution in [1.82, 2.24) is 0 Å². The van der Waals surface area contributed by atoms with E-state index in [0.717, 1.165) is 19.3 Å². The van der Waals surface area contributed by atoms with E-state index < -0.39 is 18.5 Å². The zero-order chi connectivity index (χ0) is 18.6. The van der Waals surface area contributed by atoms with Gasteiger partial charge in [-0.1, -0.05) is 38.8 Å². The van der Waals surface area contributed by atoms with Crippen molar-refractivity contribution in [2.24, 2.45) is 17.8 Å². The van der Waals surface area contributed by atoms with Gasteiger partial charge in [-0.15, -0.1) is 0 Å². The number of aromatic hydroxyl groups is 1. The maximum absolute atomic E-state index is 12.1. The van der Waals surface area contributed by atoms with Gasteiger partial charge in [0.1, 0.15) is 17.4 Å². The molecule has 5 nitrogen and oxygen atoms in total. The Labute approximate surface area is 153 Å². The average Bonchev–Trinajstić information content (AvgIpc) is 2.54. The third-order valence-electron chi connectivity index (χ3n) is 4.74. The van der Waals surface area contributed by atoms with E-state index in [4.69, 9.17) is 21.1 Å². The standard InChI is InChI=1S/C19H25ClO5/c1-11(2)14-6-4-12(3)8-17(14)25-18(22)10-24-19(23)15-9-13(20)5-7-16(15)21/h5,7,9,11-12,14,17,21H,4,6,8,10H2,1-3H3/t12-,14+,17-/m1/s1. The molecule has 1 aromatic rings. The molecule has 0 saturated heterocycles. The second-order valence-corrected chi connectivity index (χ2v) is 7.53. The smallest absolute Gasteiger partial charge is 0.344 e. The van der Waals surface area contributed by atoms with Gasteiger partial charge in [0.25, 0.3) is 0 Å². The minimum absolute atomic E-state index is 0.0772. The molecule has 1 N–H and O–H groups in total. The van der Waals surface area contributed by atoms with Gasteiger partial charge in [-0.05, 0) is 48.8 Å². The minimum Gasteiger partial charge on any atom is -0.507 e. The molecular weight excluding hydrogens is 344 g/mol. The Morgan fingerprint density at radius 2 is 2.04 bits per heavy atom. The van der Waals surface area contributed by atoms with Gasteiger partial charge in [-0.2, -0.15) is 0 Å². The second kappa shape index (κ2) is 8.56. The number of phenolic OH excluding ortho intramolecular Hbond substituents is 1. The van der Waals surface area contributed by atoms with Gasteiger partial charge in [0.15, 0.2) is 6.61 Å². The van der Waals surface area contributed by atoms with E-state index in [1.165, 1.54) is 18.2 Å². The largest absolute Gasteiger partial charge is 0.507 e. The van der Waals surface area contributed by atoms with Crippen LogP contribution < -0.4 is 0 Å². The Morgan fingerprint density at radius 1 is 1.32 bits per heavy atom. The van der Waals surface area contributed by atoms with Crippen LogP contribution >= 0.6 is 11.6 Å². The molecule has 1 aliphatic carbocycles. The van der Waals surface area contributed by atoms with E-state index in [2.05, 4.69) is 20.8 Å². The molecule has 25 heavy (non-hydrogen) atoms. The summed E-state index contributed by atoms with van der Waals surface area (Å²) in [6.45, 7) is 5.92. The van der Waals surface area contributed by atoms with E-state index in [1.807, 2.05) is 0 Å². The van der Waals surface area contributed by atoms with Gasteiger partial charge in [-0.25, -0.2) is 9.59 Å². The Kier molecular flexibility index (Phi) is 6.71. The molecule has 2 rings (SSSR count). The number of phenols is 1. The molecule has 0 unspecified atom stereocenters. The summed E-state index contributed by atoms with van der Waals surface area (Å²) in [5.41, 5.74) is -0.0772. The Hall–Kier alpha value is -1.75. The van der Waals surface area contributed by atoms with Crippen molar-refractivity contribution in [3.8, 4) is 5.75 Å². The third-order valence-corrected chi connectivity index (χ3v) is 4.98. The van der Waals surface area contributed by atoms with Crippen molar-refractivity contribution < 1.29 is 24.2 Å². The fourth-order valence-corrected chi connectivity index (χ4v) is 3.50. The highest BCUT2D eigenvalue weighted by atomic mass is 35.5. The summed E-state index contributed by atoms with van der Waals surface area (Å²) >= 11 is 5.80. The number of rotatable bonds is 5. The zero-order valence-electron chi connectivity index (χ0n) is 14.8. The molecule has 0 aromatic heterocycles. The van der Waals surface area contributed by atoms with Crippen molar-refractivity contribution in [1.29, 1.82) is 0 Å². The number of carbonyl (C=O) groups excluding carboxylic acids is 2. The molecule has 1 aromatic carbocycles. The Morgan fingerprint density at radius 3 is 2.72 bits per heavy atom. The number of carbonyl (C=O) groups is 2. The van der Waals surface area contributed by atoms with Gasteiger partial charge < -0.3 is 14.6 Å². The van der Waals surface area contributed by atoms with Crippen molar-refractivity contribution in [3.63, 3.8) is 0 Å². The van der Waals surface area contributed by atoms with Crippen LogP contribution in [0.15, 0.2) is 18.2 Å². The average molecular weight is 369 g/mol. The van der Waals surface area contributed by atoms with Crippen LogP contribution in [0.4, 0.5) is 0 Å². The number of hydrogen-bond acceptors (Lipinski definition) is 5. The van der Waals surface area contributed by atoms with Crippen LogP contribution in [-0.2, 0) is 14.3 Å². The summed E-state index contributed by atoms with van der Waals surface area (Å²) in [4.78, 5) is 24.1. The lowest BCUT2D eigenvalue weighted by molar-refractivity contribution is -0.159. The Bertz CT molecular complexity index is 628. The summed E-state index contributed by atoms with van der Waals surface area (Å²) < 4.78 is 10.5. The van der Waals surface area contributed by atoms with Crippen LogP contribution in [0.1, 0.15) is 50.4 Å². The fourth-order valence-electron chi connectivity index (χ4n) is 3.33. The lowest BCUT2D eigenvalue weighted by Crippen LogP contribution is -2.36. The highest BCUT2D eigenvalue weighted by Crippen LogP contribution is 2.35. The second-order valence-electron chi connectivity index (χ2n) is 7.09. The predicted octanol–water partition coefficient (Wildman–Crippen LogP) is 4.21. The first-order valence-electron chi connectivity index (χ1n) is 8.63. The first kappa shape index (κ1) is 19.6. The van der Waals surface area contributed by atoms with Crippen LogP contribution in [0.5, 0.6) is 5.75 Å². The van der Waals surface area contributed by atoms with Gasteiger partial charge in [0.05, 0.1) is 0 Å². The summed E-state index contributed by atoms with van der Waals surface area (Å²) in [6.07, 6.45) is 2.86. The van der Waals surface area contributed by atoms with Gasteiger partial charge >= 0.3 is 11.9 Å². The molecule has 0 amide bonds. The molecule has 1 fully saturated rings. The molecule has 138 valence electrons. The molecule has 6 heteroatoms. The highest BCUT2D eigenvalue weighted by molar-refractivity contribution is 6.31. The number of hydrogen-bond donors (Lipinski definition) is 1. The lowest BCUT2D eigenvalue weighted by Gasteiger charge is -2.36. The van der Waals surface area contributed by atoms with E-state index >= 15 is 0 Å². The molecule has 0 radical (unpaired) electrons. The maximum Gasteiger partial charge on any atom is 0.344 e. The normalized spacial score (nSPS) is 23.3. The molecule has 1 aliphatic rings. The van der Waals surface area contributed by atoms with Gasteiger partial charge in [-0.3, -0.25) is 0 Å².